The van der Waals surface area contributed by atoms with Gasteiger partial charge in [0.15, 0.2) is 0 Å². The molecule has 3 aromatic rings. The van der Waals surface area contributed by atoms with Gasteiger partial charge in [0.2, 0.25) is 5.91 Å². The highest BCUT2D eigenvalue weighted by molar-refractivity contribution is 8.00. The molecule has 0 saturated carbocycles. The summed E-state index contributed by atoms with van der Waals surface area (Å²) >= 11 is 1.60. The van der Waals surface area contributed by atoms with Crippen molar-refractivity contribution in [3.8, 4) is 0 Å². The van der Waals surface area contributed by atoms with E-state index >= 15 is 0 Å². The number of amides is 1. The van der Waals surface area contributed by atoms with Crippen molar-refractivity contribution in [2.24, 2.45) is 14.1 Å². The van der Waals surface area contributed by atoms with Crippen molar-refractivity contribution < 1.29 is 4.79 Å². The predicted octanol–water partition coefficient (Wildman–Crippen LogP) is 3.84. The number of benzene rings is 1. The molecule has 0 fully saturated rings. The number of rotatable bonds is 5. The number of aromatic nitrogens is 3. The van der Waals surface area contributed by atoms with Crippen LogP contribution >= 0.6 is 11.8 Å². The van der Waals surface area contributed by atoms with Crippen LogP contribution in [0.25, 0.3) is 10.9 Å². The predicted molar refractivity (Wildman–Crippen MR) is 108 cm³/mol. The summed E-state index contributed by atoms with van der Waals surface area (Å²) in [6, 6.07) is 8.29. The number of para-hydroxylation sites is 1. The normalized spacial score (nSPS) is 12.5. The van der Waals surface area contributed by atoms with Crippen LogP contribution in [0, 0.1) is 13.8 Å². The molecule has 0 bridgehead atoms. The van der Waals surface area contributed by atoms with Crippen molar-refractivity contribution >= 4 is 28.6 Å². The summed E-state index contributed by atoms with van der Waals surface area (Å²) in [4.78, 5) is 15.7. The zero-order valence-corrected chi connectivity index (χ0v) is 17.1. The monoisotopic (exact) mass is 370 g/mol. The summed E-state index contributed by atoms with van der Waals surface area (Å²) in [6.45, 7) is 6.12. The van der Waals surface area contributed by atoms with Crippen LogP contribution in [-0.4, -0.2) is 38.0 Å². The lowest BCUT2D eigenvalue weighted by Gasteiger charge is -2.25. The van der Waals surface area contributed by atoms with Gasteiger partial charge in [0.1, 0.15) is 0 Å². The molecule has 0 radical (unpaired) electrons. The number of hydrogen-bond donors (Lipinski definition) is 0. The van der Waals surface area contributed by atoms with E-state index in [1.165, 1.54) is 10.9 Å². The number of nitrogens with zero attached hydrogens (tertiary/aromatic N) is 4. The van der Waals surface area contributed by atoms with Crippen LogP contribution in [0.4, 0.5) is 0 Å². The van der Waals surface area contributed by atoms with E-state index in [4.69, 9.17) is 0 Å². The molecule has 1 atom stereocenters. The molecule has 0 spiro atoms. The summed E-state index contributed by atoms with van der Waals surface area (Å²) in [5.41, 5.74) is 4.42. The Hall–Kier alpha value is -2.21. The van der Waals surface area contributed by atoms with Crippen LogP contribution in [0.5, 0.6) is 0 Å². The fourth-order valence-electron chi connectivity index (χ4n) is 3.47. The van der Waals surface area contributed by atoms with Crippen molar-refractivity contribution in [1.82, 2.24) is 19.2 Å². The van der Waals surface area contributed by atoms with Gasteiger partial charge in [0.25, 0.3) is 0 Å². The summed E-state index contributed by atoms with van der Waals surface area (Å²) in [6.07, 6.45) is 2.10. The third-order valence-electron chi connectivity index (χ3n) is 5.17. The number of fused-ring (bicyclic) bond motifs is 1. The largest absolute Gasteiger partial charge is 0.349 e. The fraction of sp³-hybridized carbons (Fsp3) is 0.400. The maximum Gasteiger partial charge on any atom is 0.233 e. The Kier molecular flexibility index (Phi) is 5.14. The minimum Gasteiger partial charge on any atom is -0.349 e. The topological polar surface area (TPSA) is 43.1 Å². The van der Waals surface area contributed by atoms with E-state index in [2.05, 4.69) is 41.8 Å². The molecule has 0 aliphatic rings. The minimum absolute atomic E-state index is 0.00400. The zero-order valence-electron chi connectivity index (χ0n) is 16.3. The molecule has 1 amide bonds. The Labute approximate surface area is 159 Å². The Morgan fingerprint density at radius 2 is 1.96 bits per heavy atom. The molecule has 3 rings (SSSR count). The molecule has 6 heteroatoms. The molecular weight excluding hydrogens is 344 g/mol. The van der Waals surface area contributed by atoms with Crippen molar-refractivity contribution in [2.45, 2.75) is 31.7 Å². The highest BCUT2D eigenvalue weighted by Gasteiger charge is 2.23. The van der Waals surface area contributed by atoms with E-state index in [0.717, 1.165) is 21.8 Å². The molecule has 2 heterocycles. The summed E-state index contributed by atoms with van der Waals surface area (Å²) in [5.74, 6) is 0.547. The van der Waals surface area contributed by atoms with E-state index < -0.39 is 0 Å². The Bertz CT molecular complexity index is 956. The van der Waals surface area contributed by atoms with E-state index in [1.807, 2.05) is 49.8 Å². The average molecular weight is 371 g/mol. The van der Waals surface area contributed by atoms with Crippen molar-refractivity contribution in [3.05, 3.63) is 47.4 Å². The molecule has 0 aliphatic heterocycles. The highest BCUT2D eigenvalue weighted by atomic mass is 32.2. The van der Waals surface area contributed by atoms with Gasteiger partial charge in [0.05, 0.1) is 17.5 Å². The van der Waals surface area contributed by atoms with Crippen LogP contribution in [0.2, 0.25) is 0 Å². The second-order valence-electron chi connectivity index (χ2n) is 6.80. The number of carbonyl (C=O) groups excluding carboxylic acids is 1. The smallest absolute Gasteiger partial charge is 0.233 e. The number of hydrogen-bond acceptors (Lipinski definition) is 3. The van der Waals surface area contributed by atoms with E-state index in [9.17, 15) is 4.79 Å². The number of thioether (sulfide) groups is 1. The van der Waals surface area contributed by atoms with Crippen LogP contribution in [0.15, 0.2) is 35.4 Å². The summed E-state index contributed by atoms with van der Waals surface area (Å²) in [5, 5.41) is 5.67. The zero-order chi connectivity index (χ0) is 19.0. The maximum atomic E-state index is 12.8. The van der Waals surface area contributed by atoms with E-state index in [-0.39, 0.29) is 11.9 Å². The first-order chi connectivity index (χ1) is 12.3. The Morgan fingerprint density at radius 1 is 1.27 bits per heavy atom. The molecule has 0 N–H and O–H groups in total. The van der Waals surface area contributed by atoms with Crippen LogP contribution < -0.4 is 0 Å². The van der Waals surface area contributed by atoms with E-state index in [0.29, 0.717) is 5.75 Å². The van der Waals surface area contributed by atoms with Gasteiger partial charge in [-0.2, -0.15) is 5.10 Å². The highest BCUT2D eigenvalue weighted by Crippen LogP contribution is 2.31. The maximum absolute atomic E-state index is 12.8. The Morgan fingerprint density at radius 3 is 2.62 bits per heavy atom. The van der Waals surface area contributed by atoms with Crippen molar-refractivity contribution in [1.29, 1.82) is 0 Å². The van der Waals surface area contributed by atoms with Gasteiger partial charge in [-0.25, -0.2) is 0 Å². The summed E-state index contributed by atoms with van der Waals surface area (Å²) in [7, 11) is 5.86. The molecule has 0 aliphatic carbocycles. The SMILES string of the molecule is Cc1nn(C)c(C)c1[C@@H](C)N(C)C(=O)CSc1cn(C)c2ccccc12. The first-order valence-corrected chi connectivity index (χ1v) is 9.72. The molecule has 5 nitrogen and oxygen atoms in total. The van der Waals surface area contributed by atoms with Gasteiger partial charge >= 0.3 is 0 Å². The molecule has 1 aromatic carbocycles. The quantitative estimate of drug-likeness (QED) is 0.641. The van der Waals surface area contributed by atoms with Gasteiger partial charge in [-0.05, 0) is 26.8 Å². The lowest BCUT2D eigenvalue weighted by Crippen LogP contribution is -2.31. The molecule has 2 aromatic heterocycles. The molecule has 138 valence electrons. The third kappa shape index (κ3) is 3.26. The molecule has 0 saturated heterocycles. The van der Waals surface area contributed by atoms with Crippen molar-refractivity contribution in [3.63, 3.8) is 0 Å². The lowest BCUT2D eigenvalue weighted by molar-refractivity contribution is -0.128. The first-order valence-electron chi connectivity index (χ1n) is 8.73. The van der Waals surface area contributed by atoms with E-state index in [1.54, 1.807) is 11.8 Å². The Balaban J connectivity index is 1.73. The average Bonchev–Trinajstić information content (AvgIpc) is 3.08. The van der Waals surface area contributed by atoms with Crippen LogP contribution in [-0.2, 0) is 18.9 Å². The molecule has 26 heavy (non-hydrogen) atoms. The van der Waals surface area contributed by atoms with Gasteiger partial charge in [-0.1, -0.05) is 18.2 Å². The van der Waals surface area contributed by atoms with Crippen molar-refractivity contribution in [2.75, 3.05) is 12.8 Å². The van der Waals surface area contributed by atoms with Crippen LogP contribution in [0.3, 0.4) is 0 Å². The van der Waals surface area contributed by atoms with Gasteiger partial charge in [-0.3, -0.25) is 9.48 Å². The van der Waals surface area contributed by atoms with Gasteiger partial charge < -0.3 is 9.47 Å². The standard InChI is InChI=1S/C20H26N4OS/c1-13-20(15(3)24(6)21-13)14(2)23(5)19(25)12-26-18-11-22(4)17-10-8-7-9-16(17)18/h7-11,14H,12H2,1-6H3/t14-/m1/s1. The fourth-order valence-corrected chi connectivity index (χ4v) is 4.51. The lowest BCUT2D eigenvalue weighted by atomic mass is 10.1. The van der Waals surface area contributed by atoms with Gasteiger partial charge in [0, 0.05) is 54.4 Å². The second-order valence-corrected chi connectivity index (χ2v) is 7.82. The second kappa shape index (κ2) is 7.19. The van der Waals surface area contributed by atoms with Crippen LogP contribution in [0.1, 0.15) is 29.9 Å². The number of aryl methyl sites for hydroxylation is 3. The molecular formula is C20H26N4OS. The van der Waals surface area contributed by atoms with Gasteiger partial charge in [-0.15, -0.1) is 11.8 Å². The molecule has 0 unspecified atom stereocenters. The number of carbonyl (C=O) groups is 1. The first kappa shape index (κ1) is 18.6. The third-order valence-corrected chi connectivity index (χ3v) is 6.20. The summed E-state index contributed by atoms with van der Waals surface area (Å²) < 4.78 is 3.99. The minimum atomic E-state index is 0.00400.